The number of methoxy groups -OCH3 is 1. The number of rotatable bonds is 1. The van der Waals surface area contributed by atoms with Gasteiger partial charge in [0.1, 0.15) is 11.4 Å². The van der Waals surface area contributed by atoms with Crippen molar-refractivity contribution >= 4 is 5.97 Å². The summed E-state index contributed by atoms with van der Waals surface area (Å²) in [7, 11) is 1.40. The molecule has 0 bridgehead atoms. The molecule has 0 radical (unpaired) electrons. The number of esters is 1. The van der Waals surface area contributed by atoms with Gasteiger partial charge < -0.3 is 18.9 Å². The molecule has 0 aromatic heterocycles. The van der Waals surface area contributed by atoms with Crippen LogP contribution in [0.5, 0.6) is 5.75 Å². The Morgan fingerprint density at radius 2 is 2.17 bits per heavy atom. The molecule has 5 heteroatoms. The van der Waals surface area contributed by atoms with Crippen molar-refractivity contribution in [2.45, 2.75) is 44.5 Å². The fourth-order valence-corrected chi connectivity index (χ4v) is 4.32. The van der Waals surface area contributed by atoms with Gasteiger partial charge in [-0.15, -0.1) is 0 Å². The highest BCUT2D eigenvalue weighted by atomic mass is 16.5. The van der Waals surface area contributed by atoms with Crippen LogP contribution in [-0.2, 0) is 14.2 Å². The Morgan fingerprint density at radius 3 is 2.96 bits per heavy atom. The quantitative estimate of drug-likeness (QED) is 0.740. The van der Waals surface area contributed by atoms with Gasteiger partial charge in [-0.25, -0.2) is 4.79 Å². The maximum absolute atomic E-state index is 11.9. The van der Waals surface area contributed by atoms with Crippen LogP contribution in [0.25, 0.3) is 0 Å². The number of hydrogen-bond donors (Lipinski definition) is 0. The molecule has 0 unspecified atom stereocenters. The molecule has 1 aromatic rings. The predicted octanol–water partition coefficient (Wildman–Crippen LogP) is 3.13. The van der Waals surface area contributed by atoms with E-state index in [0.29, 0.717) is 11.5 Å². The van der Waals surface area contributed by atoms with E-state index in [2.05, 4.69) is 13.8 Å². The molecule has 130 valence electrons. The van der Waals surface area contributed by atoms with Crippen molar-refractivity contribution in [1.29, 1.82) is 0 Å². The lowest BCUT2D eigenvalue weighted by molar-refractivity contribution is -0.200. The zero-order chi connectivity index (χ0) is 16.9. The lowest BCUT2D eigenvalue weighted by Crippen LogP contribution is -2.52. The zero-order valence-electron chi connectivity index (χ0n) is 14.4. The minimum absolute atomic E-state index is 0.0484. The summed E-state index contributed by atoms with van der Waals surface area (Å²) in [6, 6.07) is 5.48. The number of benzene rings is 1. The van der Waals surface area contributed by atoms with Crippen molar-refractivity contribution in [3.05, 3.63) is 29.3 Å². The first-order valence-corrected chi connectivity index (χ1v) is 8.64. The molecule has 3 aliphatic heterocycles. The molecule has 0 N–H and O–H groups in total. The second-order valence-electron chi connectivity index (χ2n) is 7.51. The summed E-state index contributed by atoms with van der Waals surface area (Å²) in [5, 5.41) is 0. The average molecular weight is 332 g/mol. The Labute approximate surface area is 142 Å². The van der Waals surface area contributed by atoms with Crippen LogP contribution in [-0.4, -0.2) is 38.0 Å². The average Bonchev–Trinajstić information content (AvgIpc) is 2.59. The van der Waals surface area contributed by atoms with E-state index < -0.39 is 0 Å². The van der Waals surface area contributed by atoms with E-state index in [4.69, 9.17) is 18.9 Å². The first-order valence-electron chi connectivity index (χ1n) is 8.64. The molecule has 3 heterocycles. The van der Waals surface area contributed by atoms with Crippen molar-refractivity contribution in [3.8, 4) is 5.75 Å². The molecule has 24 heavy (non-hydrogen) atoms. The molecule has 5 nitrogen and oxygen atoms in total. The van der Waals surface area contributed by atoms with E-state index in [1.165, 1.54) is 7.11 Å². The van der Waals surface area contributed by atoms with Gasteiger partial charge in [-0.1, -0.05) is 0 Å². The van der Waals surface area contributed by atoms with E-state index in [-0.39, 0.29) is 29.7 Å². The standard InChI is InChI=1S/C19H24O5/c1-19(2)14-9-12-10-22-7-6-15(12)23-17(14)13-8-11(18(20)21-3)4-5-16(13)24-19/h4-5,8,12,14-15,17H,6-7,9-10H2,1-3H3/t12-,14-,15+,17+/m0/s1. The topological polar surface area (TPSA) is 54.0 Å². The van der Waals surface area contributed by atoms with Crippen LogP contribution in [0.3, 0.4) is 0 Å². The largest absolute Gasteiger partial charge is 0.487 e. The number of ether oxygens (including phenoxy) is 4. The van der Waals surface area contributed by atoms with E-state index in [9.17, 15) is 4.79 Å². The monoisotopic (exact) mass is 332 g/mol. The molecule has 1 aromatic carbocycles. The smallest absolute Gasteiger partial charge is 0.337 e. The third-order valence-corrected chi connectivity index (χ3v) is 5.65. The molecule has 0 amide bonds. The van der Waals surface area contributed by atoms with Crippen LogP contribution in [0.2, 0.25) is 0 Å². The predicted molar refractivity (Wildman–Crippen MR) is 87.1 cm³/mol. The molecule has 2 saturated heterocycles. The lowest BCUT2D eigenvalue weighted by Gasteiger charge is -2.52. The minimum Gasteiger partial charge on any atom is -0.487 e. The van der Waals surface area contributed by atoms with Gasteiger partial charge in [-0.05, 0) is 44.9 Å². The fourth-order valence-electron chi connectivity index (χ4n) is 4.32. The Morgan fingerprint density at radius 1 is 1.33 bits per heavy atom. The Hall–Kier alpha value is -1.59. The summed E-state index contributed by atoms with van der Waals surface area (Å²) in [5.41, 5.74) is 1.19. The van der Waals surface area contributed by atoms with E-state index in [1.54, 1.807) is 6.07 Å². The number of hydrogen-bond acceptors (Lipinski definition) is 5. The molecular weight excluding hydrogens is 308 g/mol. The molecular formula is C19H24O5. The van der Waals surface area contributed by atoms with Crippen molar-refractivity contribution < 1.29 is 23.7 Å². The van der Waals surface area contributed by atoms with Gasteiger partial charge in [0, 0.05) is 24.0 Å². The molecule has 2 fully saturated rings. The van der Waals surface area contributed by atoms with Crippen molar-refractivity contribution in [2.75, 3.05) is 20.3 Å². The number of carbonyl (C=O) groups is 1. The maximum atomic E-state index is 11.9. The third-order valence-electron chi connectivity index (χ3n) is 5.65. The second-order valence-corrected chi connectivity index (χ2v) is 7.51. The molecule has 4 rings (SSSR count). The lowest BCUT2D eigenvalue weighted by atomic mass is 9.71. The van der Waals surface area contributed by atoms with Crippen LogP contribution in [0.1, 0.15) is 48.7 Å². The summed E-state index contributed by atoms with van der Waals surface area (Å²) in [6.07, 6.45) is 2.13. The summed E-state index contributed by atoms with van der Waals surface area (Å²) in [5.74, 6) is 1.13. The SMILES string of the molecule is COC(=O)c1ccc2c(c1)[C@H]1O[C@@H]3CCOC[C@@H]3C[C@@H]1C(C)(C)O2. The normalized spacial score (nSPS) is 33.5. The Kier molecular flexibility index (Phi) is 3.81. The Bertz CT molecular complexity index is 653. The van der Waals surface area contributed by atoms with Crippen molar-refractivity contribution in [2.24, 2.45) is 11.8 Å². The van der Waals surface area contributed by atoms with Crippen molar-refractivity contribution in [3.63, 3.8) is 0 Å². The first-order chi connectivity index (χ1) is 11.5. The van der Waals surface area contributed by atoms with Gasteiger partial charge in [-0.3, -0.25) is 0 Å². The van der Waals surface area contributed by atoms with Crippen molar-refractivity contribution in [1.82, 2.24) is 0 Å². The molecule has 3 aliphatic rings. The van der Waals surface area contributed by atoms with Gasteiger partial charge in [0.25, 0.3) is 0 Å². The summed E-state index contributed by atoms with van der Waals surface area (Å²) < 4.78 is 23.3. The summed E-state index contributed by atoms with van der Waals surface area (Å²) in [6.45, 7) is 5.76. The van der Waals surface area contributed by atoms with Crippen LogP contribution >= 0.6 is 0 Å². The molecule has 0 spiro atoms. The number of carbonyl (C=O) groups excluding carboxylic acids is 1. The Balaban J connectivity index is 1.73. The van der Waals surface area contributed by atoms with Crippen LogP contribution in [0.15, 0.2) is 18.2 Å². The highest BCUT2D eigenvalue weighted by molar-refractivity contribution is 5.89. The highest BCUT2D eigenvalue weighted by Crippen LogP contribution is 2.52. The van der Waals surface area contributed by atoms with Crippen LogP contribution < -0.4 is 4.74 Å². The van der Waals surface area contributed by atoms with Gasteiger partial charge >= 0.3 is 5.97 Å². The van der Waals surface area contributed by atoms with E-state index in [1.807, 2.05) is 12.1 Å². The molecule has 0 aliphatic carbocycles. The van der Waals surface area contributed by atoms with E-state index >= 15 is 0 Å². The van der Waals surface area contributed by atoms with Gasteiger partial charge in [-0.2, -0.15) is 0 Å². The zero-order valence-corrected chi connectivity index (χ0v) is 14.4. The van der Waals surface area contributed by atoms with Gasteiger partial charge in [0.15, 0.2) is 0 Å². The van der Waals surface area contributed by atoms with Crippen LogP contribution in [0.4, 0.5) is 0 Å². The highest BCUT2D eigenvalue weighted by Gasteiger charge is 2.51. The fraction of sp³-hybridized carbons (Fsp3) is 0.632. The third kappa shape index (κ3) is 2.50. The van der Waals surface area contributed by atoms with Crippen LogP contribution in [0, 0.1) is 11.8 Å². The van der Waals surface area contributed by atoms with E-state index in [0.717, 1.165) is 37.4 Å². The molecule has 0 saturated carbocycles. The summed E-state index contributed by atoms with van der Waals surface area (Å²) in [4.78, 5) is 11.9. The summed E-state index contributed by atoms with van der Waals surface area (Å²) >= 11 is 0. The van der Waals surface area contributed by atoms with Gasteiger partial charge in [0.2, 0.25) is 0 Å². The maximum Gasteiger partial charge on any atom is 0.337 e. The second kappa shape index (κ2) is 5.74. The molecule has 4 atom stereocenters. The minimum atomic E-state index is -0.334. The van der Waals surface area contributed by atoms with Gasteiger partial charge in [0.05, 0.1) is 31.5 Å². The first kappa shape index (κ1) is 15.9. The number of fused-ring (bicyclic) bond motifs is 4.